The van der Waals surface area contributed by atoms with Gasteiger partial charge in [0.2, 0.25) is 0 Å². The van der Waals surface area contributed by atoms with Crippen LogP contribution in [0.1, 0.15) is 35.1 Å². The van der Waals surface area contributed by atoms with Crippen molar-refractivity contribution in [3.05, 3.63) is 49.2 Å². The summed E-state index contributed by atoms with van der Waals surface area (Å²) in [4.78, 5) is 41.6. The van der Waals surface area contributed by atoms with Crippen molar-refractivity contribution in [1.82, 2.24) is 14.5 Å². The van der Waals surface area contributed by atoms with Crippen LogP contribution in [0.15, 0.2) is 27.4 Å². The van der Waals surface area contributed by atoms with E-state index in [0.717, 1.165) is 15.8 Å². The van der Waals surface area contributed by atoms with Gasteiger partial charge in [0, 0.05) is 30.2 Å². The van der Waals surface area contributed by atoms with Crippen LogP contribution < -0.4 is 11.2 Å². The van der Waals surface area contributed by atoms with Gasteiger partial charge < -0.3 is 4.98 Å². The molecule has 0 amide bonds. The van der Waals surface area contributed by atoms with Crippen LogP contribution in [0.4, 0.5) is 0 Å². The number of ketones is 1. The van der Waals surface area contributed by atoms with Crippen LogP contribution in [0.2, 0.25) is 0 Å². The standard InChI is InChI=1S/C12H13N3O3S/c1-7(10-13-3-4-19-10)6-15-11(17)9(8(2)16)5-14-12(15)18/h3-5,7H,6H2,1-2H3,(H,14,18). The molecule has 2 rings (SSSR count). The lowest BCUT2D eigenvalue weighted by Gasteiger charge is -2.10. The average molecular weight is 279 g/mol. The minimum absolute atomic E-state index is 0.00839. The highest BCUT2D eigenvalue weighted by Gasteiger charge is 2.15. The molecule has 0 bridgehead atoms. The molecular formula is C12H13N3O3S. The maximum atomic E-state index is 12.0. The number of carbonyl (C=O) groups is 1. The Morgan fingerprint density at radius 1 is 1.53 bits per heavy atom. The number of hydrogen-bond acceptors (Lipinski definition) is 5. The molecule has 100 valence electrons. The number of aromatic amines is 1. The quantitative estimate of drug-likeness (QED) is 0.846. The van der Waals surface area contributed by atoms with Crippen LogP contribution >= 0.6 is 11.3 Å². The van der Waals surface area contributed by atoms with E-state index in [9.17, 15) is 14.4 Å². The third-order valence-corrected chi connectivity index (χ3v) is 3.78. The zero-order valence-corrected chi connectivity index (χ0v) is 11.4. The molecule has 7 heteroatoms. The van der Waals surface area contributed by atoms with Crippen LogP contribution in [0, 0.1) is 0 Å². The summed E-state index contributed by atoms with van der Waals surface area (Å²) in [5.41, 5.74) is -1.08. The topological polar surface area (TPSA) is 84.8 Å². The van der Waals surface area contributed by atoms with Crippen molar-refractivity contribution in [2.75, 3.05) is 0 Å². The van der Waals surface area contributed by atoms with Gasteiger partial charge in [0.15, 0.2) is 5.78 Å². The van der Waals surface area contributed by atoms with Gasteiger partial charge in [-0.1, -0.05) is 6.92 Å². The summed E-state index contributed by atoms with van der Waals surface area (Å²) < 4.78 is 1.04. The van der Waals surface area contributed by atoms with E-state index in [4.69, 9.17) is 0 Å². The van der Waals surface area contributed by atoms with Crippen LogP contribution in [0.5, 0.6) is 0 Å². The van der Waals surface area contributed by atoms with E-state index in [1.165, 1.54) is 18.3 Å². The molecular weight excluding hydrogens is 266 g/mol. The fourth-order valence-corrected chi connectivity index (χ4v) is 2.45. The Balaban J connectivity index is 2.40. The van der Waals surface area contributed by atoms with Gasteiger partial charge in [-0.25, -0.2) is 9.78 Å². The molecule has 0 aliphatic carbocycles. The summed E-state index contributed by atoms with van der Waals surface area (Å²) in [6.45, 7) is 3.37. The molecule has 0 radical (unpaired) electrons. The maximum absolute atomic E-state index is 12.0. The largest absolute Gasteiger partial charge is 0.328 e. The molecule has 0 aliphatic heterocycles. The minimum Gasteiger partial charge on any atom is -0.313 e. The second kappa shape index (κ2) is 5.31. The molecule has 6 nitrogen and oxygen atoms in total. The Labute approximate surface area is 112 Å². The summed E-state index contributed by atoms with van der Waals surface area (Å²) >= 11 is 1.47. The number of carbonyl (C=O) groups excluding carboxylic acids is 1. The summed E-state index contributed by atoms with van der Waals surface area (Å²) in [6, 6.07) is 0. The molecule has 1 unspecified atom stereocenters. The monoisotopic (exact) mass is 279 g/mol. The lowest BCUT2D eigenvalue weighted by Crippen LogP contribution is -2.38. The van der Waals surface area contributed by atoms with Gasteiger partial charge >= 0.3 is 5.69 Å². The Bertz CT molecular complexity index is 700. The Hall–Kier alpha value is -2.02. The van der Waals surface area contributed by atoms with E-state index < -0.39 is 11.2 Å². The lowest BCUT2D eigenvalue weighted by atomic mass is 10.2. The SMILES string of the molecule is CC(=O)c1c[nH]c(=O)n(CC(C)c2nccs2)c1=O. The smallest absolute Gasteiger partial charge is 0.313 e. The van der Waals surface area contributed by atoms with Crippen LogP contribution in [-0.2, 0) is 6.54 Å². The number of thiazole rings is 1. The van der Waals surface area contributed by atoms with Gasteiger partial charge in [0.05, 0.1) is 10.6 Å². The predicted molar refractivity (Wildman–Crippen MR) is 71.9 cm³/mol. The van der Waals surface area contributed by atoms with Gasteiger partial charge in [0.1, 0.15) is 0 Å². The van der Waals surface area contributed by atoms with Gasteiger partial charge in [-0.15, -0.1) is 11.3 Å². The van der Waals surface area contributed by atoms with Crippen LogP contribution in [0.3, 0.4) is 0 Å². The van der Waals surface area contributed by atoms with Crippen molar-refractivity contribution >= 4 is 17.1 Å². The van der Waals surface area contributed by atoms with Crippen molar-refractivity contribution < 1.29 is 4.79 Å². The van der Waals surface area contributed by atoms with E-state index in [1.807, 2.05) is 12.3 Å². The maximum Gasteiger partial charge on any atom is 0.328 e. The van der Waals surface area contributed by atoms with Crippen molar-refractivity contribution in [3.8, 4) is 0 Å². The molecule has 0 saturated heterocycles. The first kappa shape index (κ1) is 13.4. The highest BCUT2D eigenvalue weighted by Crippen LogP contribution is 2.18. The third kappa shape index (κ3) is 2.70. The zero-order valence-electron chi connectivity index (χ0n) is 10.5. The first-order chi connectivity index (χ1) is 9.00. The Kier molecular flexibility index (Phi) is 3.75. The lowest BCUT2D eigenvalue weighted by molar-refractivity contribution is 0.101. The summed E-state index contributed by atoms with van der Waals surface area (Å²) in [6.07, 6.45) is 2.84. The van der Waals surface area contributed by atoms with Crippen LogP contribution in [-0.4, -0.2) is 20.3 Å². The molecule has 0 aromatic carbocycles. The van der Waals surface area contributed by atoms with Crippen LogP contribution in [0.25, 0.3) is 0 Å². The van der Waals surface area contributed by atoms with Crippen molar-refractivity contribution in [2.45, 2.75) is 26.3 Å². The summed E-state index contributed by atoms with van der Waals surface area (Å²) in [7, 11) is 0. The molecule has 0 spiro atoms. The second-order valence-corrected chi connectivity index (χ2v) is 5.18. The van der Waals surface area contributed by atoms with E-state index in [2.05, 4.69) is 9.97 Å². The first-order valence-corrected chi connectivity index (χ1v) is 6.61. The van der Waals surface area contributed by atoms with E-state index in [1.54, 1.807) is 6.20 Å². The zero-order chi connectivity index (χ0) is 14.0. The summed E-state index contributed by atoms with van der Waals surface area (Å²) in [5, 5.41) is 2.68. The number of aromatic nitrogens is 3. The number of hydrogen-bond donors (Lipinski definition) is 1. The van der Waals surface area contributed by atoms with E-state index in [0.29, 0.717) is 0 Å². The molecule has 1 atom stereocenters. The predicted octanol–water partition coefficient (Wildman–Crippen LogP) is 0.999. The highest BCUT2D eigenvalue weighted by molar-refractivity contribution is 7.09. The molecule has 2 aromatic rings. The fourth-order valence-electron chi connectivity index (χ4n) is 1.76. The highest BCUT2D eigenvalue weighted by atomic mass is 32.1. The van der Waals surface area contributed by atoms with Crippen molar-refractivity contribution in [1.29, 1.82) is 0 Å². The molecule has 19 heavy (non-hydrogen) atoms. The van der Waals surface area contributed by atoms with Gasteiger partial charge in [0.25, 0.3) is 5.56 Å². The fraction of sp³-hybridized carbons (Fsp3) is 0.333. The van der Waals surface area contributed by atoms with Gasteiger partial charge in [-0.2, -0.15) is 0 Å². The molecule has 1 N–H and O–H groups in total. The summed E-state index contributed by atoms with van der Waals surface area (Å²) in [5.74, 6) is -0.432. The molecule has 0 saturated carbocycles. The number of rotatable bonds is 4. The van der Waals surface area contributed by atoms with Crippen molar-refractivity contribution in [2.24, 2.45) is 0 Å². The number of H-pyrrole nitrogens is 1. The van der Waals surface area contributed by atoms with Gasteiger partial charge in [-0.3, -0.25) is 14.2 Å². The van der Waals surface area contributed by atoms with E-state index >= 15 is 0 Å². The third-order valence-electron chi connectivity index (χ3n) is 2.77. The Morgan fingerprint density at radius 2 is 2.26 bits per heavy atom. The first-order valence-electron chi connectivity index (χ1n) is 5.73. The molecule has 0 aliphatic rings. The molecule has 2 aromatic heterocycles. The van der Waals surface area contributed by atoms with E-state index in [-0.39, 0.29) is 23.8 Å². The van der Waals surface area contributed by atoms with Gasteiger partial charge in [-0.05, 0) is 6.92 Å². The molecule has 2 heterocycles. The normalized spacial score (nSPS) is 12.3. The number of Topliss-reactive ketones (excluding diaryl/α,β-unsaturated/α-hetero) is 1. The molecule has 0 fully saturated rings. The Morgan fingerprint density at radius 3 is 2.84 bits per heavy atom. The number of nitrogens with one attached hydrogen (secondary N) is 1. The number of nitrogens with zero attached hydrogens (tertiary/aromatic N) is 2. The second-order valence-electron chi connectivity index (χ2n) is 4.25. The van der Waals surface area contributed by atoms with Crippen molar-refractivity contribution in [3.63, 3.8) is 0 Å². The average Bonchev–Trinajstić information content (AvgIpc) is 2.87. The minimum atomic E-state index is -0.556.